The zero-order chi connectivity index (χ0) is 9.69. The maximum absolute atomic E-state index is 2.49. The fourth-order valence-electron chi connectivity index (χ4n) is 4.01. The lowest BCUT2D eigenvalue weighted by atomic mass is 9.68. The van der Waals surface area contributed by atoms with E-state index in [0.717, 1.165) is 5.92 Å². The van der Waals surface area contributed by atoms with Crippen molar-refractivity contribution in [3.63, 3.8) is 0 Å². The fourth-order valence-corrected chi connectivity index (χ4v) is 4.01. The first-order valence-corrected chi connectivity index (χ1v) is 5.72. The second kappa shape index (κ2) is 2.62. The summed E-state index contributed by atoms with van der Waals surface area (Å²) in [5.41, 5.74) is 2.97. The predicted octanol–water partition coefficient (Wildman–Crippen LogP) is 4.17. The summed E-state index contributed by atoms with van der Waals surface area (Å²) in [4.78, 5) is 0. The minimum Gasteiger partial charge on any atom is -0.0881 e. The van der Waals surface area contributed by atoms with Crippen LogP contribution in [0.25, 0.3) is 0 Å². The molecule has 0 spiro atoms. The molecule has 2 atom stereocenters. The lowest BCUT2D eigenvalue weighted by Crippen LogP contribution is -2.29. The summed E-state index contributed by atoms with van der Waals surface area (Å²) in [7, 11) is 0. The average Bonchev–Trinajstić information content (AvgIpc) is 2.51. The Labute approximate surface area is 82.4 Å². The van der Waals surface area contributed by atoms with Crippen molar-refractivity contribution in [1.29, 1.82) is 0 Å². The second-order valence-corrected chi connectivity index (χ2v) is 5.49. The van der Waals surface area contributed by atoms with Crippen molar-refractivity contribution in [2.24, 2.45) is 16.7 Å². The van der Waals surface area contributed by atoms with E-state index in [-0.39, 0.29) is 0 Å². The molecule has 2 aliphatic carbocycles. The van der Waals surface area contributed by atoms with E-state index in [2.05, 4.69) is 33.8 Å². The lowest BCUT2D eigenvalue weighted by molar-refractivity contribution is 0.123. The molecule has 0 aromatic carbocycles. The van der Waals surface area contributed by atoms with Crippen molar-refractivity contribution in [2.45, 2.75) is 53.4 Å². The maximum Gasteiger partial charge on any atom is -0.0146 e. The van der Waals surface area contributed by atoms with E-state index < -0.39 is 0 Å². The van der Waals surface area contributed by atoms with Crippen molar-refractivity contribution >= 4 is 0 Å². The molecule has 0 heteroatoms. The summed E-state index contributed by atoms with van der Waals surface area (Å²) in [5, 5.41) is 0. The third-order valence-corrected chi connectivity index (χ3v) is 5.19. The molecule has 13 heavy (non-hydrogen) atoms. The molecular formula is C13H22. The molecular weight excluding hydrogens is 156 g/mol. The predicted molar refractivity (Wildman–Crippen MR) is 57.6 cm³/mol. The van der Waals surface area contributed by atoms with Gasteiger partial charge in [-0.05, 0) is 49.4 Å². The van der Waals surface area contributed by atoms with Gasteiger partial charge >= 0.3 is 0 Å². The van der Waals surface area contributed by atoms with E-state index in [4.69, 9.17) is 0 Å². The molecule has 2 saturated carbocycles. The van der Waals surface area contributed by atoms with Gasteiger partial charge in [-0.2, -0.15) is 0 Å². The molecule has 2 aliphatic rings. The van der Waals surface area contributed by atoms with Crippen molar-refractivity contribution < 1.29 is 0 Å². The van der Waals surface area contributed by atoms with Crippen LogP contribution in [-0.2, 0) is 0 Å². The van der Waals surface area contributed by atoms with Crippen molar-refractivity contribution in [3.8, 4) is 0 Å². The Balaban J connectivity index is 2.42. The van der Waals surface area contributed by atoms with Gasteiger partial charge < -0.3 is 0 Å². The molecule has 0 radical (unpaired) electrons. The molecule has 74 valence electrons. The molecule has 0 aromatic heterocycles. The molecule has 2 bridgehead atoms. The number of allylic oxidation sites excluding steroid dienone is 2. The minimum atomic E-state index is 0.573. The van der Waals surface area contributed by atoms with Crippen molar-refractivity contribution in [2.75, 3.05) is 0 Å². The maximum atomic E-state index is 2.49. The minimum absolute atomic E-state index is 0.573. The van der Waals surface area contributed by atoms with Crippen LogP contribution in [0.4, 0.5) is 0 Å². The molecule has 0 heterocycles. The third-order valence-electron chi connectivity index (χ3n) is 5.19. The standard InChI is InChI=1S/C13H22/c1-5-10-9-13(6-2)8-7-11(10)12(13,3)4/h5,11H,6-9H2,1-4H3/b10-5-. The quantitative estimate of drug-likeness (QED) is 0.529. The molecule has 2 fully saturated rings. The van der Waals surface area contributed by atoms with E-state index in [1.54, 1.807) is 5.57 Å². The van der Waals surface area contributed by atoms with Crippen LogP contribution in [-0.4, -0.2) is 0 Å². The highest BCUT2D eigenvalue weighted by molar-refractivity contribution is 5.26. The van der Waals surface area contributed by atoms with Gasteiger partial charge in [0.2, 0.25) is 0 Å². The highest BCUT2D eigenvalue weighted by Crippen LogP contribution is 2.68. The van der Waals surface area contributed by atoms with Gasteiger partial charge in [-0.15, -0.1) is 0 Å². The van der Waals surface area contributed by atoms with E-state index >= 15 is 0 Å². The van der Waals surface area contributed by atoms with Gasteiger partial charge in [0.05, 0.1) is 0 Å². The highest BCUT2D eigenvalue weighted by atomic mass is 14.6. The van der Waals surface area contributed by atoms with Crippen LogP contribution < -0.4 is 0 Å². The van der Waals surface area contributed by atoms with Gasteiger partial charge in [-0.1, -0.05) is 32.4 Å². The summed E-state index contributed by atoms with van der Waals surface area (Å²) in [5.74, 6) is 0.900. The average molecular weight is 178 g/mol. The number of hydrogen-bond donors (Lipinski definition) is 0. The van der Waals surface area contributed by atoms with Gasteiger partial charge in [-0.3, -0.25) is 0 Å². The first-order valence-electron chi connectivity index (χ1n) is 5.72. The Morgan fingerprint density at radius 1 is 1.46 bits per heavy atom. The van der Waals surface area contributed by atoms with Gasteiger partial charge in [0.15, 0.2) is 0 Å². The van der Waals surface area contributed by atoms with Crippen LogP contribution in [0.15, 0.2) is 11.6 Å². The summed E-state index contributed by atoms with van der Waals surface area (Å²) in [6.07, 6.45) is 8.05. The molecule has 2 unspecified atom stereocenters. The monoisotopic (exact) mass is 178 g/mol. The number of hydrogen-bond acceptors (Lipinski definition) is 0. The lowest BCUT2D eigenvalue weighted by Gasteiger charge is -2.36. The van der Waals surface area contributed by atoms with E-state index in [0.29, 0.717) is 10.8 Å². The zero-order valence-corrected chi connectivity index (χ0v) is 9.48. The molecule has 0 nitrogen and oxygen atoms in total. The Bertz CT molecular complexity index is 247. The van der Waals surface area contributed by atoms with Crippen LogP contribution in [0.1, 0.15) is 53.4 Å². The van der Waals surface area contributed by atoms with E-state index in [9.17, 15) is 0 Å². The zero-order valence-electron chi connectivity index (χ0n) is 9.48. The van der Waals surface area contributed by atoms with E-state index in [1.165, 1.54) is 25.7 Å². The largest absolute Gasteiger partial charge is 0.0881 e. The molecule has 0 aliphatic heterocycles. The van der Waals surface area contributed by atoms with Gasteiger partial charge in [0.1, 0.15) is 0 Å². The Hall–Kier alpha value is -0.260. The molecule has 0 saturated heterocycles. The first kappa shape index (κ1) is 9.30. The van der Waals surface area contributed by atoms with Crippen molar-refractivity contribution in [1.82, 2.24) is 0 Å². The first-order chi connectivity index (χ1) is 6.07. The third kappa shape index (κ3) is 0.923. The Morgan fingerprint density at radius 3 is 2.54 bits per heavy atom. The Morgan fingerprint density at radius 2 is 2.15 bits per heavy atom. The van der Waals surface area contributed by atoms with Crippen LogP contribution in [0, 0.1) is 16.7 Å². The molecule has 0 N–H and O–H groups in total. The summed E-state index contributed by atoms with van der Waals surface area (Å²) < 4.78 is 0. The second-order valence-electron chi connectivity index (χ2n) is 5.49. The number of fused-ring (bicyclic) bond motifs is 2. The Kier molecular flexibility index (Phi) is 1.87. The van der Waals surface area contributed by atoms with Gasteiger partial charge in [0.25, 0.3) is 0 Å². The van der Waals surface area contributed by atoms with Crippen molar-refractivity contribution in [3.05, 3.63) is 11.6 Å². The van der Waals surface area contributed by atoms with Crippen LogP contribution in [0.3, 0.4) is 0 Å². The smallest absolute Gasteiger partial charge is 0.0146 e. The molecule has 0 amide bonds. The van der Waals surface area contributed by atoms with Gasteiger partial charge in [-0.25, -0.2) is 0 Å². The fraction of sp³-hybridized carbons (Fsp3) is 0.846. The summed E-state index contributed by atoms with van der Waals surface area (Å²) >= 11 is 0. The SMILES string of the molecule is C/C=C1/CC2(CC)CCC1C2(C)C. The topological polar surface area (TPSA) is 0 Å². The summed E-state index contributed by atoms with van der Waals surface area (Å²) in [6.45, 7) is 9.58. The number of rotatable bonds is 1. The van der Waals surface area contributed by atoms with Crippen LogP contribution in [0.2, 0.25) is 0 Å². The summed E-state index contributed by atoms with van der Waals surface area (Å²) in [6, 6.07) is 0. The normalized spacial score (nSPS) is 44.6. The highest BCUT2D eigenvalue weighted by Gasteiger charge is 2.59. The van der Waals surface area contributed by atoms with Gasteiger partial charge in [0, 0.05) is 0 Å². The molecule has 2 rings (SSSR count). The van der Waals surface area contributed by atoms with E-state index in [1.807, 2.05) is 0 Å². The van der Waals surface area contributed by atoms with Crippen LogP contribution in [0.5, 0.6) is 0 Å². The van der Waals surface area contributed by atoms with Crippen LogP contribution >= 0.6 is 0 Å². The molecule has 0 aromatic rings.